The smallest absolute Gasteiger partial charge is 0.0912 e. The Balaban J connectivity index is 2.07. The minimum atomic E-state index is 0.785. The van der Waals surface area contributed by atoms with E-state index in [1.165, 1.54) is 19.3 Å². The van der Waals surface area contributed by atoms with Crippen molar-refractivity contribution in [2.45, 2.75) is 26.2 Å². The van der Waals surface area contributed by atoms with E-state index >= 15 is 0 Å². The molecule has 0 unspecified atom stereocenters. The lowest BCUT2D eigenvalue weighted by molar-refractivity contribution is 0.351. The molecule has 86 valence electrons. The minimum absolute atomic E-state index is 0.785. The lowest BCUT2D eigenvalue weighted by atomic mass is 10.1. The number of piperidine rings is 1. The molecule has 0 aliphatic carbocycles. The molecule has 0 radical (unpaired) electrons. The lowest BCUT2D eigenvalue weighted by Crippen LogP contribution is -2.28. The van der Waals surface area contributed by atoms with Gasteiger partial charge in [-0.1, -0.05) is 17.7 Å². The molecular formula is C13H17ClN2. The van der Waals surface area contributed by atoms with Gasteiger partial charge in [-0.15, -0.1) is 0 Å². The average molecular weight is 237 g/mol. The number of aliphatic imine (C=N–C) groups is 1. The molecule has 2 rings (SSSR count). The molecule has 1 heterocycles. The van der Waals surface area contributed by atoms with Crippen LogP contribution >= 0.6 is 11.6 Å². The van der Waals surface area contributed by atoms with Gasteiger partial charge >= 0.3 is 0 Å². The quantitative estimate of drug-likeness (QED) is 0.564. The van der Waals surface area contributed by atoms with Crippen molar-refractivity contribution in [1.82, 2.24) is 4.90 Å². The van der Waals surface area contributed by atoms with Crippen molar-refractivity contribution in [1.29, 1.82) is 0 Å². The summed E-state index contributed by atoms with van der Waals surface area (Å²) in [5.74, 6) is 0. The molecule has 1 aromatic rings. The second-order valence-electron chi connectivity index (χ2n) is 4.23. The summed E-state index contributed by atoms with van der Waals surface area (Å²) < 4.78 is 0. The average Bonchev–Trinajstić information content (AvgIpc) is 2.32. The van der Waals surface area contributed by atoms with Gasteiger partial charge in [-0.2, -0.15) is 0 Å². The maximum atomic E-state index is 6.05. The predicted molar refractivity (Wildman–Crippen MR) is 69.8 cm³/mol. The first kappa shape index (κ1) is 11.5. The second kappa shape index (κ2) is 5.35. The number of likely N-dealkylation sites (tertiary alicyclic amines) is 1. The van der Waals surface area contributed by atoms with Gasteiger partial charge in [0, 0.05) is 18.1 Å². The number of rotatable bonds is 2. The van der Waals surface area contributed by atoms with E-state index < -0.39 is 0 Å². The van der Waals surface area contributed by atoms with E-state index in [0.29, 0.717) is 0 Å². The first-order valence-corrected chi connectivity index (χ1v) is 6.18. The highest BCUT2D eigenvalue weighted by atomic mass is 35.5. The first-order valence-electron chi connectivity index (χ1n) is 5.81. The molecule has 0 bridgehead atoms. The lowest BCUT2D eigenvalue weighted by Gasteiger charge is -2.23. The van der Waals surface area contributed by atoms with Gasteiger partial charge in [-0.25, -0.2) is 4.99 Å². The van der Waals surface area contributed by atoms with Crippen LogP contribution in [0.25, 0.3) is 0 Å². The molecule has 0 N–H and O–H groups in total. The monoisotopic (exact) mass is 236 g/mol. The zero-order valence-corrected chi connectivity index (χ0v) is 10.4. The van der Waals surface area contributed by atoms with Crippen molar-refractivity contribution in [2.75, 3.05) is 13.1 Å². The Labute approximate surface area is 102 Å². The molecule has 0 spiro atoms. The van der Waals surface area contributed by atoms with Crippen LogP contribution in [0, 0.1) is 6.92 Å². The van der Waals surface area contributed by atoms with Gasteiger partial charge in [-0.05, 0) is 43.9 Å². The Kier molecular flexibility index (Phi) is 3.83. The van der Waals surface area contributed by atoms with Crippen LogP contribution in [0.3, 0.4) is 0 Å². The largest absolute Gasteiger partial charge is 0.363 e. The van der Waals surface area contributed by atoms with Gasteiger partial charge in [0.25, 0.3) is 0 Å². The van der Waals surface area contributed by atoms with E-state index in [2.05, 4.69) is 9.89 Å². The predicted octanol–water partition coefficient (Wildman–Crippen LogP) is 3.79. The van der Waals surface area contributed by atoms with Crippen molar-refractivity contribution in [2.24, 2.45) is 4.99 Å². The Hall–Kier alpha value is -1.02. The SMILES string of the molecule is Cc1c(Cl)cccc1N=CN1CCCCC1. The van der Waals surface area contributed by atoms with Crippen LogP contribution in [-0.2, 0) is 0 Å². The summed E-state index contributed by atoms with van der Waals surface area (Å²) in [5, 5.41) is 0.785. The zero-order valence-electron chi connectivity index (χ0n) is 9.62. The summed E-state index contributed by atoms with van der Waals surface area (Å²) in [4.78, 5) is 6.79. The van der Waals surface area contributed by atoms with Crippen LogP contribution in [0.5, 0.6) is 0 Å². The Morgan fingerprint density at radius 1 is 1.25 bits per heavy atom. The van der Waals surface area contributed by atoms with Crippen LogP contribution in [0.4, 0.5) is 5.69 Å². The number of hydrogen-bond donors (Lipinski definition) is 0. The van der Waals surface area contributed by atoms with E-state index in [9.17, 15) is 0 Å². The summed E-state index contributed by atoms with van der Waals surface area (Å²) in [6, 6.07) is 5.84. The van der Waals surface area contributed by atoms with Gasteiger partial charge in [-0.3, -0.25) is 0 Å². The molecule has 3 heteroatoms. The molecule has 1 saturated heterocycles. The van der Waals surface area contributed by atoms with Gasteiger partial charge in [0.15, 0.2) is 0 Å². The van der Waals surface area contributed by atoms with Crippen molar-refractivity contribution >= 4 is 23.6 Å². The number of hydrogen-bond acceptors (Lipinski definition) is 1. The number of halogens is 1. The van der Waals surface area contributed by atoms with Crippen molar-refractivity contribution in [3.63, 3.8) is 0 Å². The standard InChI is InChI=1S/C13H17ClN2/c1-11-12(14)6-5-7-13(11)15-10-16-8-3-2-4-9-16/h5-7,10H,2-4,8-9H2,1H3. The molecule has 1 aliphatic rings. The zero-order chi connectivity index (χ0) is 11.4. The van der Waals surface area contributed by atoms with Crippen molar-refractivity contribution in [3.8, 4) is 0 Å². The van der Waals surface area contributed by atoms with Gasteiger partial charge < -0.3 is 4.90 Å². The topological polar surface area (TPSA) is 15.6 Å². The molecule has 0 saturated carbocycles. The highest BCUT2D eigenvalue weighted by molar-refractivity contribution is 6.31. The van der Waals surface area contributed by atoms with E-state index in [0.717, 1.165) is 29.4 Å². The van der Waals surface area contributed by atoms with Crippen LogP contribution in [0.1, 0.15) is 24.8 Å². The molecule has 1 fully saturated rings. The molecule has 0 atom stereocenters. The Bertz CT molecular complexity index is 382. The van der Waals surface area contributed by atoms with Crippen LogP contribution in [0.15, 0.2) is 23.2 Å². The molecular weight excluding hydrogens is 220 g/mol. The third-order valence-electron chi connectivity index (χ3n) is 2.99. The fourth-order valence-corrected chi connectivity index (χ4v) is 2.08. The fourth-order valence-electron chi connectivity index (χ4n) is 1.91. The highest BCUT2D eigenvalue weighted by Crippen LogP contribution is 2.25. The molecule has 1 aromatic carbocycles. The summed E-state index contributed by atoms with van der Waals surface area (Å²) in [6.07, 6.45) is 5.86. The summed E-state index contributed by atoms with van der Waals surface area (Å²) in [7, 11) is 0. The van der Waals surface area contributed by atoms with Gasteiger partial charge in [0.2, 0.25) is 0 Å². The molecule has 0 amide bonds. The Morgan fingerprint density at radius 3 is 2.75 bits per heavy atom. The van der Waals surface area contributed by atoms with E-state index in [-0.39, 0.29) is 0 Å². The second-order valence-corrected chi connectivity index (χ2v) is 4.63. The van der Waals surface area contributed by atoms with Crippen molar-refractivity contribution in [3.05, 3.63) is 28.8 Å². The van der Waals surface area contributed by atoms with Crippen molar-refractivity contribution < 1.29 is 0 Å². The highest BCUT2D eigenvalue weighted by Gasteiger charge is 2.06. The van der Waals surface area contributed by atoms with Gasteiger partial charge in [0.05, 0.1) is 12.0 Å². The molecule has 0 aromatic heterocycles. The summed E-state index contributed by atoms with van der Waals surface area (Å²) in [6.45, 7) is 4.26. The number of nitrogens with zero attached hydrogens (tertiary/aromatic N) is 2. The number of benzene rings is 1. The summed E-state index contributed by atoms with van der Waals surface area (Å²) in [5.41, 5.74) is 2.02. The third kappa shape index (κ3) is 2.76. The third-order valence-corrected chi connectivity index (χ3v) is 3.40. The summed E-state index contributed by atoms with van der Waals surface area (Å²) >= 11 is 6.05. The van der Waals surface area contributed by atoms with Crippen LogP contribution < -0.4 is 0 Å². The molecule has 1 aliphatic heterocycles. The maximum Gasteiger partial charge on any atom is 0.0912 e. The maximum absolute atomic E-state index is 6.05. The van der Waals surface area contributed by atoms with E-state index in [1.807, 2.05) is 31.5 Å². The first-order chi connectivity index (χ1) is 7.77. The fraction of sp³-hybridized carbons (Fsp3) is 0.462. The van der Waals surface area contributed by atoms with Gasteiger partial charge in [0.1, 0.15) is 0 Å². The van der Waals surface area contributed by atoms with Crippen LogP contribution in [0.2, 0.25) is 5.02 Å². The molecule has 16 heavy (non-hydrogen) atoms. The normalized spacial score (nSPS) is 17.0. The minimum Gasteiger partial charge on any atom is -0.363 e. The Morgan fingerprint density at radius 2 is 2.00 bits per heavy atom. The molecule has 2 nitrogen and oxygen atoms in total. The van der Waals surface area contributed by atoms with Crippen LogP contribution in [-0.4, -0.2) is 24.3 Å². The van der Waals surface area contributed by atoms with E-state index in [1.54, 1.807) is 0 Å². The van der Waals surface area contributed by atoms with E-state index in [4.69, 9.17) is 11.6 Å².